The minimum absolute atomic E-state index is 0.467. The highest BCUT2D eigenvalue weighted by Crippen LogP contribution is 2.30. The minimum atomic E-state index is -0.467. The van der Waals surface area contributed by atoms with Crippen LogP contribution in [0.5, 0.6) is 0 Å². The topological polar surface area (TPSA) is 18.5 Å². The van der Waals surface area contributed by atoms with Gasteiger partial charge in [-0.2, -0.15) is 0 Å². The molecule has 0 aliphatic carbocycles. The fraction of sp³-hybridized carbons (Fsp3) is 1.00. The summed E-state index contributed by atoms with van der Waals surface area (Å²) in [6.45, 7) is 0.805. The van der Waals surface area contributed by atoms with Crippen molar-refractivity contribution >= 4 is 15.9 Å². The quantitative estimate of drug-likeness (QED) is 0.594. The van der Waals surface area contributed by atoms with Crippen molar-refractivity contribution in [2.75, 3.05) is 13.7 Å². The molecule has 2 nitrogen and oxygen atoms in total. The first-order chi connectivity index (χ1) is 4.27. The van der Waals surface area contributed by atoms with E-state index in [0.29, 0.717) is 0 Å². The molecule has 1 aliphatic rings. The summed E-state index contributed by atoms with van der Waals surface area (Å²) in [5, 5.41) is 0. The zero-order valence-corrected chi connectivity index (χ0v) is 7.11. The maximum absolute atomic E-state index is 5.31. The SMILES string of the molecule is COC1(Br)CCCCO1. The van der Waals surface area contributed by atoms with E-state index in [1.807, 2.05) is 0 Å². The molecule has 9 heavy (non-hydrogen) atoms. The van der Waals surface area contributed by atoms with Gasteiger partial charge in [0.05, 0.1) is 6.61 Å². The van der Waals surface area contributed by atoms with Gasteiger partial charge in [0.2, 0.25) is 4.70 Å². The van der Waals surface area contributed by atoms with E-state index in [4.69, 9.17) is 9.47 Å². The Balaban J connectivity index is 2.37. The first-order valence-corrected chi connectivity index (χ1v) is 3.94. The van der Waals surface area contributed by atoms with E-state index in [9.17, 15) is 0 Å². The van der Waals surface area contributed by atoms with Crippen molar-refractivity contribution in [2.45, 2.75) is 24.0 Å². The molecule has 0 amide bonds. The molecular formula is C6H11BrO2. The number of hydrogen-bond acceptors (Lipinski definition) is 2. The number of hydrogen-bond donors (Lipinski definition) is 0. The predicted octanol–water partition coefficient (Wildman–Crippen LogP) is 1.88. The summed E-state index contributed by atoms with van der Waals surface area (Å²) in [6.07, 6.45) is 3.28. The lowest BCUT2D eigenvalue weighted by Crippen LogP contribution is -2.31. The van der Waals surface area contributed by atoms with Gasteiger partial charge in [-0.15, -0.1) is 0 Å². The smallest absolute Gasteiger partial charge is 0.226 e. The number of ether oxygens (including phenoxy) is 2. The highest BCUT2D eigenvalue weighted by molar-refractivity contribution is 9.10. The molecule has 1 fully saturated rings. The lowest BCUT2D eigenvalue weighted by atomic mass is 10.2. The van der Waals surface area contributed by atoms with Gasteiger partial charge in [0, 0.05) is 13.5 Å². The number of alkyl halides is 1. The van der Waals surface area contributed by atoms with Crippen LogP contribution >= 0.6 is 15.9 Å². The van der Waals surface area contributed by atoms with Crippen LogP contribution in [-0.4, -0.2) is 18.4 Å². The van der Waals surface area contributed by atoms with Crippen molar-refractivity contribution < 1.29 is 9.47 Å². The fourth-order valence-corrected chi connectivity index (χ4v) is 1.34. The third-order valence-electron chi connectivity index (χ3n) is 1.49. The molecular weight excluding hydrogens is 184 g/mol. The summed E-state index contributed by atoms with van der Waals surface area (Å²) < 4.78 is 9.92. The molecule has 1 rings (SSSR count). The molecule has 1 heterocycles. The molecule has 1 unspecified atom stereocenters. The van der Waals surface area contributed by atoms with Gasteiger partial charge in [-0.1, -0.05) is 0 Å². The molecule has 1 atom stereocenters. The van der Waals surface area contributed by atoms with Crippen LogP contribution in [0.3, 0.4) is 0 Å². The van der Waals surface area contributed by atoms with Gasteiger partial charge >= 0.3 is 0 Å². The van der Waals surface area contributed by atoms with Gasteiger partial charge < -0.3 is 9.47 Å². The van der Waals surface area contributed by atoms with Crippen molar-refractivity contribution in [3.05, 3.63) is 0 Å². The van der Waals surface area contributed by atoms with Crippen LogP contribution in [-0.2, 0) is 9.47 Å². The van der Waals surface area contributed by atoms with E-state index in [-0.39, 0.29) is 0 Å². The van der Waals surface area contributed by atoms with Crippen LogP contribution < -0.4 is 0 Å². The van der Waals surface area contributed by atoms with Gasteiger partial charge in [0.25, 0.3) is 0 Å². The molecule has 0 radical (unpaired) electrons. The Morgan fingerprint density at radius 3 is 2.67 bits per heavy atom. The average molecular weight is 195 g/mol. The minimum Gasteiger partial charge on any atom is -0.344 e. The summed E-state index contributed by atoms with van der Waals surface area (Å²) >= 11 is 3.35. The van der Waals surface area contributed by atoms with E-state index < -0.39 is 4.70 Å². The summed E-state index contributed by atoms with van der Waals surface area (Å²) in [5.74, 6) is 0. The standard InChI is InChI=1S/C6H11BrO2/c1-8-6(7)4-2-3-5-9-6/h2-5H2,1H3. The van der Waals surface area contributed by atoms with E-state index in [1.54, 1.807) is 7.11 Å². The molecule has 1 aliphatic heterocycles. The molecule has 3 heteroatoms. The van der Waals surface area contributed by atoms with E-state index in [2.05, 4.69) is 15.9 Å². The van der Waals surface area contributed by atoms with Crippen LogP contribution in [0.15, 0.2) is 0 Å². The number of methoxy groups -OCH3 is 1. The number of rotatable bonds is 1. The average Bonchev–Trinajstić information content (AvgIpc) is 1.90. The van der Waals surface area contributed by atoms with Crippen LogP contribution in [0.25, 0.3) is 0 Å². The van der Waals surface area contributed by atoms with Gasteiger partial charge in [-0.3, -0.25) is 0 Å². The second-order valence-corrected chi connectivity index (χ2v) is 3.38. The second-order valence-electron chi connectivity index (χ2n) is 2.17. The highest BCUT2D eigenvalue weighted by atomic mass is 79.9. The van der Waals surface area contributed by atoms with E-state index in [0.717, 1.165) is 19.4 Å². The van der Waals surface area contributed by atoms with Crippen LogP contribution in [0.1, 0.15) is 19.3 Å². The van der Waals surface area contributed by atoms with E-state index in [1.165, 1.54) is 6.42 Å². The van der Waals surface area contributed by atoms with Crippen molar-refractivity contribution in [1.82, 2.24) is 0 Å². The summed E-state index contributed by atoms with van der Waals surface area (Å²) in [4.78, 5) is 0. The first-order valence-electron chi connectivity index (χ1n) is 3.15. The second kappa shape index (κ2) is 2.99. The van der Waals surface area contributed by atoms with Gasteiger partial charge in [-0.05, 0) is 28.8 Å². The van der Waals surface area contributed by atoms with Gasteiger partial charge in [0.15, 0.2) is 0 Å². The molecule has 0 saturated carbocycles. The third kappa shape index (κ3) is 1.92. The van der Waals surface area contributed by atoms with Crippen LogP contribution in [0, 0.1) is 0 Å². The Morgan fingerprint density at radius 2 is 2.33 bits per heavy atom. The molecule has 0 aromatic heterocycles. The maximum Gasteiger partial charge on any atom is 0.226 e. The fourth-order valence-electron chi connectivity index (χ4n) is 0.896. The third-order valence-corrected chi connectivity index (χ3v) is 2.44. The van der Waals surface area contributed by atoms with E-state index >= 15 is 0 Å². The predicted molar refractivity (Wildman–Crippen MR) is 38.5 cm³/mol. The molecule has 0 aromatic carbocycles. The molecule has 0 N–H and O–H groups in total. The van der Waals surface area contributed by atoms with Gasteiger partial charge in [-0.25, -0.2) is 0 Å². The highest BCUT2D eigenvalue weighted by Gasteiger charge is 2.28. The molecule has 54 valence electrons. The largest absolute Gasteiger partial charge is 0.344 e. The molecule has 0 bridgehead atoms. The Bertz CT molecular complexity index is 89.1. The van der Waals surface area contributed by atoms with Crippen LogP contribution in [0.4, 0.5) is 0 Å². The van der Waals surface area contributed by atoms with Crippen molar-refractivity contribution in [1.29, 1.82) is 0 Å². The van der Waals surface area contributed by atoms with Crippen molar-refractivity contribution in [3.63, 3.8) is 0 Å². The zero-order valence-electron chi connectivity index (χ0n) is 5.52. The van der Waals surface area contributed by atoms with Crippen molar-refractivity contribution in [3.8, 4) is 0 Å². The molecule has 0 spiro atoms. The maximum atomic E-state index is 5.31. The Hall–Kier alpha value is 0.400. The van der Waals surface area contributed by atoms with Crippen LogP contribution in [0.2, 0.25) is 0 Å². The summed E-state index contributed by atoms with van der Waals surface area (Å²) in [5.41, 5.74) is 0. The summed E-state index contributed by atoms with van der Waals surface area (Å²) in [6, 6.07) is 0. The first kappa shape index (κ1) is 7.51. The molecule has 1 saturated heterocycles. The van der Waals surface area contributed by atoms with Crippen molar-refractivity contribution in [2.24, 2.45) is 0 Å². The lowest BCUT2D eigenvalue weighted by molar-refractivity contribution is -0.168. The normalized spacial score (nSPS) is 36.7. The Morgan fingerprint density at radius 1 is 1.56 bits per heavy atom. The zero-order chi connectivity index (χ0) is 6.74. The lowest BCUT2D eigenvalue weighted by Gasteiger charge is -2.29. The Kier molecular flexibility index (Phi) is 2.50. The summed E-state index contributed by atoms with van der Waals surface area (Å²) in [7, 11) is 1.65. The Labute approximate surface area is 63.7 Å². The monoisotopic (exact) mass is 194 g/mol. The molecule has 0 aromatic rings. The van der Waals surface area contributed by atoms with Gasteiger partial charge in [0.1, 0.15) is 0 Å². The number of halogens is 1.